The molecule has 4 heteroatoms. The largest absolute Gasteiger partial charge is 0.397 e. The zero-order chi connectivity index (χ0) is 11.5. The Bertz CT molecular complexity index is 445. The molecule has 0 aliphatic carbocycles. The van der Waals surface area contributed by atoms with Gasteiger partial charge in [-0.05, 0) is 23.8 Å². The van der Waals surface area contributed by atoms with Crippen LogP contribution in [0.3, 0.4) is 0 Å². The monoisotopic (exact) mass is 235 g/mol. The molecule has 84 valence electrons. The number of nitrogens with one attached hydrogen (secondary N) is 1. The molecule has 0 unspecified atom stereocenters. The number of nitrogens with zero attached hydrogens (tertiary/aromatic N) is 1. The summed E-state index contributed by atoms with van der Waals surface area (Å²) in [6.07, 6.45) is 3.86. The van der Waals surface area contributed by atoms with E-state index in [9.17, 15) is 0 Å². The first kappa shape index (κ1) is 10.9. The second-order valence-electron chi connectivity index (χ2n) is 3.75. The number of para-hydroxylation sites is 1. The van der Waals surface area contributed by atoms with Gasteiger partial charge in [-0.25, -0.2) is 0 Å². The van der Waals surface area contributed by atoms with Crippen molar-refractivity contribution in [3.05, 3.63) is 47.2 Å². The molecule has 0 atom stereocenters. The maximum Gasteiger partial charge on any atom is 0.0789 e. The van der Waals surface area contributed by atoms with E-state index in [1.807, 2.05) is 48.6 Å². The van der Waals surface area contributed by atoms with E-state index in [1.54, 1.807) is 0 Å². The third-order valence-electron chi connectivity index (χ3n) is 2.48. The van der Waals surface area contributed by atoms with Crippen molar-refractivity contribution in [3.8, 4) is 0 Å². The Labute approximate surface area is 99.8 Å². The van der Waals surface area contributed by atoms with Gasteiger partial charge >= 0.3 is 0 Å². The predicted molar refractivity (Wildman–Crippen MR) is 68.8 cm³/mol. The highest BCUT2D eigenvalue weighted by molar-refractivity contribution is 6.33. The molecule has 0 radical (unpaired) electrons. The average Bonchev–Trinajstić information content (AvgIpc) is 2.70. The molecule has 0 amide bonds. The highest BCUT2D eigenvalue weighted by Crippen LogP contribution is 2.31. The first-order chi connectivity index (χ1) is 7.68. The molecule has 0 aliphatic rings. The van der Waals surface area contributed by atoms with Crippen molar-refractivity contribution in [2.24, 2.45) is 0 Å². The van der Waals surface area contributed by atoms with Crippen LogP contribution in [0.25, 0.3) is 0 Å². The lowest BCUT2D eigenvalue weighted by Crippen LogP contribution is -2.17. The first-order valence-corrected chi connectivity index (χ1v) is 5.43. The Kier molecular flexibility index (Phi) is 3.06. The number of halogens is 1. The summed E-state index contributed by atoms with van der Waals surface area (Å²) in [6, 6.07) is 7.59. The lowest BCUT2D eigenvalue weighted by Gasteiger charge is -2.21. The number of anilines is 2. The summed E-state index contributed by atoms with van der Waals surface area (Å²) in [7, 11) is 1.98. The van der Waals surface area contributed by atoms with Crippen LogP contribution < -0.4 is 10.6 Å². The zero-order valence-corrected chi connectivity index (χ0v) is 9.83. The number of nitrogens with two attached hydrogens (primary N) is 1. The number of hydrogen-bond donors (Lipinski definition) is 2. The van der Waals surface area contributed by atoms with Gasteiger partial charge in [0.25, 0.3) is 0 Å². The van der Waals surface area contributed by atoms with Gasteiger partial charge in [0, 0.05) is 26.0 Å². The smallest absolute Gasteiger partial charge is 0.0789 e. The van der Waals surface area contributed by atoms with Crippen LogP contribution in [0.4, 0.5) is 11.4 Å². The molecular weight excluding hydrogens is 222 g/mol. The Hall–Kier alpha value is -1.61. The Balaban J connectivity index is 2.24. The number of benzene rings is 1. The quantitative estimate of drug-likeness (QED) is 0.804. The first-order valence-electron chi connectivity index (χ1n) is 5.05. The molecular formula is C12H14ClN3. The molecule has 0 aliphatic heterocycles. The number of aromatic amines is 1. The van der Waals surface area contributed by atoms with Gasteiger partial charge in [0.05, 0.1) is 16.4 Å². The predicted octanol–water partition coefficient (Wildman–Crippen LogP) is 2.89. The van der Waals surface area contributed by atoms with E-state index in [0.717, 1.165) is 12.2 Å². The van der Waals surface area contributed by atoms with E-state index in [0.29, 0.717) is 10.7 Å². The Morgan fingerprint density at radius 2 is 2.19 bits per heavy atom. The van der Waals surface area contributed by atoms with Gasteiger partial charge in [-0.15, -0.1) is 0 Å². The topological polar surface area (TPSA) is 45.0 Å². The summed E-state index contributed by atoms with van der Waals surface area (Å²) in [4.78, 5) is 5.07. The Morgan fingerprint density at radius 1 is 1.38 bits per heavy atom. The molecule has 0 spiro atoms. The van der Waals surface area contributed by atoms with Gasteiger partial charge in [-0.2, -0.15) is 0 Å². The molecule has 1 heterocycles. The molecule has 0 saturated carbocycles. The van der Waals surface area contributed by atoms with Crippen LogP contribution in [-0.4, -0.2) is 12.0 Å². The van der Waals surface area contributed by atoms with Crippen molar-refractivity contribution in [1.82, 2.24) is 4.98 Å². The molecule has 1 aromatic heterocycles. The van der Waals surface area contributed by atoms with Gasteiger partial charge < -0.3 is 15.6 Å². The van der Waals surface area contributed by atoms with Gasteiger partial charge in [0.1, 0.15) is 0 Å². The van der Waals surface area contributed by atoms with E-state index >= 15 is 0 Å². The van der Waals surface area contributed by atoms with Crippen molar-refractivity contribution >= 4 is 23.0 Å². The van der Waals surface area contributed by atoms with Crippen molar-refractivity contribution < 1.29 is 0 Å². The minimum Gasteiger partial charge on any atom is -0.397 e. The van der Waals surface area contributed by atoms with Crippen LogP contribution in [-0.2, 0) is 6.54 Å². The molecule has 1 aromatic carbocycles. The number of aromatic nitrogens is 1. The normalized spacial score (nSPS) is 10.4. The summed E-state index contributed by atoms with van der Waals surface area (Å²) in [5.41, 5.74) is 8.69. The summed E-state index contributed by atoms with van der Waals surface area (Å²) in [5.74, 6) is 0. The van der Waals surface area contributed by atoms with E-state index in [1.165, 1.54) is 5.56 Å². The molecule has 2 aromatic rings. The fraction of sp³-hybridized carbons (Fsp3) is 0.167. The van der Waals surface area contributed by atoms with E-state index in [-0.39, 0.29) is 0 Å². The minimum atomic E-state index is 0.679. The van der Waals surface area contributed by atoms with Crippen LogP contribution >= 0.6 is 11.6 Å². The summed E-state index contributed by atoms with van der Waals surface area (Å²) in [5, 5.41) is 0.679. The molecule has 0 fully saturated rings. The van der Waals surface area contributed by atoms with Crippen molar-refractivity contribution in [2.45, 2.75) is 6.54 Å². The maximum absolute atomic E-state index is 6.14. The van der Waals surface area contributed by atoms with Gasteiger partial charge in [-0.1, -0.05) is 17.7 Å². The van der Waals surface area contributed by atoms with Gasteiger partial charge in [-0.3, -0.25) is 0 Å². The fourth-order valence-corrected chi connectivity index (χ4v) is 2.07. The average molecular weight is 236 g/mol. The van der Waals surface area contributed by atoms with Gasteiger partial charge in [0.15, 0.2) is 0 Å². The zero-order valence-electron chi connectivity index (χ0n) is 9.07. The minimum absolute atomic E-state index is 0.679. The highest BCUT2D eigenvalue weighted by Gasteiger charge is 2.10. The summed E-state index contributed by atoms with van der Waals surface area (Å²) in [6.45, 7) is 0.775. The molecule has 3 N–H and O–H groups in total. The van der Waals surface area contributed by atoms with Crippen LogP contribution in [0.1, 0.15) is 5.56 Å². The fourth-order valence-electron chi connectivity index (χ4n) is 1.74. The van der Waals surface area contributed by atoms with Crippen molar-refractivity contribution in [3.63, 3.8) is 0 Å². The lowest BCUT2D eigenvalue weighted by molar-refractivity contribution is 0.926. The number of H-pyrrole nitrogens is 1. The number of rotatable bonds is 3. The standard InChI is InChI=1S/C12H14ClN3/c1-16(8-9-5-6-15-7-9)12-10(13)3-2-4-11(12)14/h2-7,15H,8,14H2,1H3. The Morgan fingerprint density at radius 3 is 2.81 bits per heavy atom. The third kappa shape index (κ3) is 2.14. The number of hydrogen-bond acceptors (Lipinski definition) is 2. The highest BCUT2D eigenvalue weighted by atomic mass is 35.5. The van der Waals surface area contributed by atoms with Gasteiger partial charge in [0.2, 0.25) is 0 Å². The van der Waals surface area contributed by atoms with Crippen molar-refractivity contribution in [1.29, 1.82) is 0 Å². The van der Waals surface area contributed by atoms with E-state index in [2.05, 4.69) is 4.98 Å². The second-order valence-corrected chi connectivity index (χ2v) is 4.16. The summed E-state index contributed by atoms with van der Waals surface area (Å²) >= 11 is 6.14. The molecule has 16 heavy (non-hydrogen) atoms. The summed E-state index contributed by atoms with van der Waals surface area (Å²) < 4.78 is 0. The number of nitrogen functional groups attached to an aromatic ring is 1. The van der Waals surface area contributed by atoms with E-state index in [4.69, 9.17) is 17.3 Å². The third-order valence-corrected chi connectivity index (χ3v) is 2.79. The molecule has 3 nitrogen and oxygen atoms in total. The van der Waals surface area contributed by atoms with Crippen molar-refractivity contribution in [2.75, 3.05) is 17.7 Å². The second kappa shape index (κ2) is 4.49. The molecule has 2 rings (SSSR count). The van der Waals surface area contributed by atoms with Crippen LogP contribution in [0.2, 0.25) is 5.02 Å². The van der Waals surface area contributed by atoms with Crippen LogP contribution in [0.5, 0.6) is 0 Å². The molecule has 0 saturated heterocycles. The maximum atomic E-state index is 6.14. The lowest BCUT2D eigenvalue weighted by atomic mass is 10.2. The van der Waals surface area contributed by atoms with Crippen LogP contribution in [0, 0.1) is 0 Å². The SMILES string of the molecule is CN(Cc1cc[nH]c1)c1c(N)cccc1Cl. The van der Waals surface area contributed by atoms with Crippen LogP contribution in [0.15, 0.2) is 36.7 Å². The molecule has 0 bridgehead atoms. The van der Waals surface area contributed by atoms with E-state index < -0.39 is 0 Å².